The molecule has 0 spiro atoms. The number of halogens is 1. The lowest BCUT2D eigenvalue weighted by molar-refractivity contribution is 0.306. The van der Waals surface area contributed by atoms with Crippen molar-refractivity contribution < 1.29 is 13.2 Å². The number of nitrogens with one attached hydrogen (secondary N) is 1. The molecule has 0 bridgehead atoms. The molecule has 0 saturated carbocycles. The number of nitrogens with two attached hydrogens (primary N) is 1. The van der Waals surface area contributed by atoms with Gasteiger partial charge in [0, 0.05) is 22.8 Å². The second-order valence-electron chi connectivity index (χ2n) is 5.35. The number of hydrogen-bond donors (Lipinski definition) is 2. The molecule has 0 fully saturated rings. The topological polar surface area (TPSA) is 81.4 Å². The van der Waals surface area contributed by atoms with E-state index in [9.17, 15) is 8.42 Å². The lowest BCUT2D eigenvalue weighted by atomic mass is 10.2. The number of sulfonamides is 1. The monoisotopic (exact) mass is 368 g/mol. The third-order valence-electron chi connectivity index (χ3n) is 3.42. The van der Waals surface area contributed by atoms with E-state index in [-0.39, 0.29) is 11.4 Å². The van der Waals surface area contributed by atoms with Gasteiger partial charge in [0.25, 0.3) is 0 Å². The van der Waals surface area contributed by atoms with Crippen molar-refractivity contribution in [2.75, 3.05) is 12.3 Å². The van der Waals surface area contributed by atoms with Crippen LogP contribution in [0, 0.1) is 0 Å². The van der Waals surface area contributed by atoms with Crippen molar-refractivity contribution in [2.45, 2.75) is 31.2 Å². The summed E-state index contributed by atoms with van der Waals surface area (Å²) in [5.74, 6) is 0.632. The third-order valence-corrected chi connectivity index (χ3v) is 5.07. The molecule has 7 heteroatoms. The minimum Gasteiger partial charge on any atom is -0.493 e. The number of unbranched alkanes of at least 4 members (excludes halogenated alkanes) is 1. The molecule has 0 saturated heterocycles. The molecule has 2 aromatic carbocycles. The maximum Gasteiger partial charge on any atom is 0.240 e. The summed E-state index contributed by atoms with van der Waals surface area (Å²) in [5.41, 5.74) is 6.78. The van der Waals surface area contributed by atoms with Crippen LogP contribution in [-0.2, 0) is 16.6 Å². The summed E-state index contributed by atoms with van der Waals surface area (Å²) in [6, 6.07) is 11.2. The van der Waals surface area contributed by atoms with Crippen molar-refractivity contribution in [3.8, 4) is 5.75 Å². The fourth-order valence-electron chi connectivity index (χ4n) is 2.06. The molecule has 0 heterocycles. The number of benzene rings is 2. The Morgan fingerprint density at radius 3 is 2.54 bits per heavy atom. The maximum atomic E-state index is 12.3. The Hall–Kier alpha value is -1.76. The summed E-state index contributed by atoms with van der Waals surface area (Å²) in [5, 5.41) is 0.527. The second kappa shape index (κ2) is 8.37. The van der Waals surface area contributed by atoms with Crippen molar-refractivity contribution in [3.05, 3.63) is 53.1 Å². The van der Waals surface area contributed by atoms with Gasteiger partial charge in [-0.15, -0.1) is 0 Å². The summed E-state index contributed by atoms with van der Waals surface area (Å²) < 4.78 is 33.0. The zero-order valence-corrected chi connectivity index (χ0v) is 15.0. The molecule has 0 unspecified atom stereocenters. The number of nitrogen functional groups attached to an aromatic ring is 1. The quantitative estimate of drug-likeness (QED) is 0.551. The Morgan fingerprint density at radius 1 is 1.17 bits per heavy atom. The lowest BCUT2D eigenvalue weighted by Gasteiger charge is -2.13. The summed E-state index contributed by atoms with van der Waals surface area (Å²) >= 11 is 6.02. The van der Waals surface area contributed by atoms with Crippen LogP contribution in [0.15, 0.2) is 47.4 Å². The zero-order valence-electron chi connectivity index (χ0n) is 13.5. The summed E-state index contributed by atoms with van der Waals surface area (Å²) in [7, 11) is -3.63. The van der Waals surface area contributed by atoms with Gasteiger partial charge in [-0.1, -0.05) is 24.9 Å². The van der Waals surface area contributed by atoms with E-state index in [1.54, 1.807) is 30.3 Å². The minimum atomic E-state index is -3.63. The van der Waals surface area contributed by atoms with Crippen LogP contribution >= 0.6 is 11.6 Å². The van der Waals surface area contributed by atoms with Crippen LogP contribution in [0.3, 0.4) is 0 Å². The van der Waals surface area contributed by atoms with E-state index < -0.39 is 10.0 Å². The number of rotatable bonds is 8. The number of anilines is 1. The first-order valence-electron chi connectivity index (χ1n) is 7.69. The summed E-state index contributed by atoms with van der Waals surface area (Å²) in [6.07, 6.45) is 1.95. The van der Waals surface area contributed by atoms with E-state index in [1.165, 1.54) is 12.1 Å². The highest BCUT2D eigenvalue weighted by Crippen LogP contribution is 2.24. The first-order chi connectivity index (χ1) is 11.4. The van der Waals surface area contributed by atoms with Crippen molar-refractivity contribution in [3.63, 3.8) is 0 Å². The molecular weight excluding hydrogens is 348 g/mol. The number of hydrogen-bond acceptors (Lipinski definition) is 4. The Bertz CT molecular complexity index is 777. The Morgan fingerprint density at radius 2 is 1.88 bits per heavy atom. The van der Waals surface area contributed by atoms with Gasteiger partial charge in [-0.05, 0) is 48.9 Å². The maximum absolute atomic E-state index is 12.3. The van der Waals surface area contributed by atoms with Crippen LogP contribution in [-0.4, -0.2) is 15.0 Å². The van der Waals surface area contributed by atoms with E-state index in [1.807, 2.05) is 0 Å². The van der Waals surface area contributed by atoms with Crippen LogP contribution in [0.4, 0.5) is 5.69 Å². The van der Waals surface area contributed by atoms with Gasteiger partial charge in [0.1, 0.15) is 5.75 Å². The van der Waals surface area contributed by atoms with E-state index in [2.05, 4.69) is 11.6 Å². The smallest absolute Gasteiger partial charge is 0.240 e. The van der Waals surface area contributed by atoms with E-state index >= 15 is 0 Å². The zero-order chi connectivity index (χ0) is 17.6. The van der Waals surface area contributed by atoms with Crippen LogP contribution in [0.1, 0.15) is 25.3 Å². The molecule has 130 valence electrons. The molecule has 0 aliphatic rings. The van der Waals surface area contributed by atoms with Gasteiger partial charge in [0.2, 0.25) is 10.0 Å². The average molecular weight is 369 g/mol. The molecular formula is C17H21ClN2O3S. The van der Waals surface area contributed by atoms with Gasteiger partial charge in [-0.25, -0.2) is 13.1 Å². The molecule has 0 atom stereocenters. The fraction of sp³-hybridized carbons (Fsp3) is 0.294. The highest BCUT2D eigenvalue weighted by Gasteiger charge is 2.15. The molecule has 2 rings (SSSR count). The van der Waals surface area contributed by atoms with Gasteiger partial charge in [-0.2, -0.15) is 0 Å². The molecule has 0 aromatic heterocycles. The van der Waals surface area contributed by atoms with Crippen LogP contribution in [0.2, 0.25) is 5.02 Å². The Balaban J connectivity index is 2.12. The molecule has 24 heavy (non-hydrogen) atoms. The SMILES string of the molecule is CCCCOc1ccc(Cl)cc1CNS(=O)(=O)c1ccc(N)cc1. The number of ether oxygens (including phenoxy) is 1. The predicted molar refractivity (Wildman–Crippen MR) is 96.7 cm³/mol. The lowest BCUT2D eigenvalue weighted by Crippen LogP contribution is -2.23. The fourth-order valence-corrected chi connectivity index (χ4v) is 3.26. The van der Waals surface area contributed by atoms with E-state index in [4.69, 9.17) is 22.1 Å². The van der Waals surface area contributed by atoms with Gasteiger partial charge in [0.05, 0.1) is 11.5 Å². The first kappa shape index (κ1) is 18.6. The van der Waals surface area contributed by atoms with Crippen molar-refractivity contribution in [1.29, 1.82) is 0 Å². The van der Waals surface area contributed by atoms with Crippen LogP contribution < -0.4 is 15.2 Å². The normalized spacial score (nSPS) is 11.4. The molecule has 3 N–H and O–H groups in total. The van der Waals surface area contributed by atoms with Gasteiger partial charge in [-0.3, -0.25) is 0 Å². The third kappa shape index (κ3) is 5.12. The second-order valence-corrected chi connectivity index (χ2v) is 7.55. The molecule has 0 radical (unpaired) electrons. The van der Waals surface area contributed by atoms with Crippen molar-refractivity contribution >= 4 is 27.3 Å². The van der Waals surface area contributed by atoms with Crippen molar-refractivity contribution in [1.82, 2.24) is 4.72 Å². The predicted octanol–water partition coefficient (Wildman–Crippen LogP) is 3.58. The molecule has 0 amide bonds. The Kier molecular flexibility index (Phi) is 6.48. The van der Waals surface area contributed by atoms with Gasteiger partial charge >= 0.3 is 0 Å². The molecule has 0 aliphatic heterocycles. The van der Waals surface area contributed by atoms with Crippen LogP contribution in [0.5, 0.6) is 5.75 Å². The standard InChI is InChI=1S/C17H21ClN2O3S/c1-2-3-10-23-17-9-4-14(18)11-13(17)12-20-24(21,22)16-7-5-15(19)6-8-16/h4-9,11,20H,2-3,10,12,19H2,1H3. The average Bonchev–Trinajstić information content (AvgIpc) is 2.55. The van der Waals surface area contributed by atoms with Gasteiger partial charge < -0.3 is 10.5 Å². The Labute approximate surface area is 147 Å². The highest BCUT2D eigenvalue weighted by molar-refractivity contribution is 7.89. The molecule has 0 aliphatic carbocycles. The van der Waals surface area contributed by atoms with E-state index in [0.717, 1.165) is 12.8 Å². The molecule has 2 aromatic rings. The largest absolute Gasteiger partial charge is 0.493 e. The minimum absolute atomic E-state index is 0.0920. The van der Waals surface area contributed by atoms with E-state index in [0.29, 0.717) is 28.6 Å². The highest BCUT2D eigenvalue weighted by atomic mass is 35.5. The first-order valence-corrected chi connectivity index (χ1v) is 9.55. The summed E-state index contributed by atoms with van der Waals surface area (Å²) in [4.78, 5) is 0.159. The van der Waals surface area contributed by atoms with Crippen molar-refractivity contribution in [2.24, 2.45) is 0 Å². The molecule has 5 nitrogen and oxygen atoms in total. The van der Waals surface area contributed by atoms with Crippen LogP contribution in [0.25, 0.3) is 0 Å². The summed E-state index contributed by atoms with van der Waals surface area (Å²) in [6.45, 7) is 2.75. The van der Waals surface area contributed by atoms with Gasteiger partial charge in [0.15, 0.2) is 0 Å².